The fraction of sp³-hybridized carbons (Fsp3) is 0.417. The van der Waals surface area contributed by atoms with Crippen molar-refractivity contribution < 1.29 is 9.59 Å². The minimum Gasteiger partial charge on any atom is -0.353 e. The quantitative estimate of drug-likeness (QED) is 0.575. The Morgan fingerprint density at radius 2 is 1.83 bits per heavy atom. The number of carbonyl (C=O) groups is 2. The molecule has 3 aliphatic rings. The Labute approximate surface area is 211 Å². The molecule has 2 atom stereocenters. The number of likely N-dealkylation sites (tertiary alicyclic amines) is 1. The van der Waals surface area contributed by atoms with Gasteiger partial charge in [-0.1, -0.05) is 16.6 Å². The second kappa shape index (κ2) is 9.34. The van der Waals surface area contributed by atoms with Gasteiger partial charge in [0, 0.05) is 81.2 Å². The maximum Gasteiger partial charge on any atom is 0.322 e. The molecule has 1 N–H and O–H groups in total. The Morgan fingerprint density at radius 1 is 0.972 bits per heavy atom. The monoisotopic (exact) mass is 506 g/mol. The van der Waals surface area contributed by atoms with Gasteiger partial charge in [-0.3, -0.25) is 14.9 Å². The van der Waals surface area contributed by atoms with Crippen LogP contribution in [0.3, 0.4) is 0 Å². The van der Waals surface area contributed by atoms with Crippen molar-refractivity contribution in [3.63, 3.8) is 0 Å². The molecule has 2 fully saturated rings. The number of carbonyl (C=O) groups excluding carboxylic acids is 2. The molecule has 36 heavy (non-hydrogen) atoms. The van der Waals surface area contributed by atoms with Crippen LogP contribution in [-0.2, 0) is 6.54 Å². The van der Waals surface area contributed by atoms with Crippen LogP contribution in [0.4, 0.5) is 15.6 Å². The van der Waals surface area contributed by atoms with Gasteiger partial charge in [-0.05, 0) is 30.5 Å². The van der Waals surface area contributed by atoms with Gasteiger partial charge in [-0.2, -0.15) is 0 Å². The van der Waals surface area contributed by atoms with Crippen molar-refractivity contribution in [2.45, 2.75) is 18.9 Å². The largest absolute Gasteiger partial charge is 0.353 e. The topological polar surface area (TPSA) is 117 Å². The van der Waals surface area contributed by atoms with E-state index in [0.717, 1.165) is 29.5 Å². The van der Waals surface area contributed by atoms with Crippen LogP contribution in [-0.4, -0.2) is 80.1 Å². The summed E-state index contributed by atoms with van der Waals surface area (Å²) in [5.74, 6) is 0.979. The van der Waals surface area contributed by atoms with Crippen molar-refractivity contribution >= 4 is 34.3 Å². The van der Waals surface area contributed by atoms with Gasteiger partial charge in [0.1, 0.15) is 5.82 Å². The van der Waals surface area contributed by atoms with Crippen LogP contribution in [0.25, 0.3) is 0 Å². The van der Waals surface area contributed by atoms with Gasteiger partial charge in [-0.25, -0.2) is 9.78 Å². The van der Waals surface area contributed by atoms with E-state index in [2.05, 4.69) is 24.8 Å². The van der Waals surface area contributed by atoms with Gasteiger partial charge < -0.3 is 19.3 Å². The van der Waals surface area contributed by atoms with E-state index in [0.29, 0.717) is 50.8 Å². The summed E-state index contributed by atoms with van der Waals surface area (Å²) in [5, 5.41) is 7.29. The summed E-state index contributed by atoms with van der Waals surface area (Å²) in [6.07, 6.45) is 2.72. The lowest BCUT2D eigenvalue weighted by molar-refractivity contribution is 0.0589. The molecule has 6 heterocycles. The Bertz CT molecular complexity index is 1330. The van der Waals surface area contributed by atoms with E-state index in [1.165, 1.54) is 0 Å². The first-order valence-corrected chi connectivity index (χ1v) is 12.9. The van der Waals surface area contributed by atoms with E-state index < -0.39 is 0 Å². The zero-order chi connectivity index (χ0) is 24.6. The molecule has 0 spiro atoms. The lowest BCUT2D eigenvalue weighted by Gasteiger charge is -2.42. The number of nitrogens with zero attached hydrogens (tertiary/aromatic N) is 7. The summed E-state index contributed by atoms with van der Waals surface area (Å²) >= 11 is 1.01. The van der Waals surface area contributed by atoms with Crippen LogP contribution in [0.2, 0.25) is 0 Å². The van der Waals surface area contributed by atoms with Gasteiger partial charge >= 0.3 is 6.03 Å². The normalized spacial score (nSPS) is 21.2. The van der Waals surface area contributed by atoms with Gasteiger partial charge in [0.15, 0.2) is 10.7 Å². The average molecular weight is 507 g/mol. The highest BCUT2D eigenvalue weighted by atomic mass is 32.1. The number of hydrogen-bond acceptors (Lipinski definition) is 8. The van der Waals surface area contributed by atoms with Crippen molar-refractivity contribution in [3.05, 3.63) is 64.3 Å². The number of pyridine rings is 2. The molecule has 2 saturated heterocycles. The SMILES string of the molecule is O=C(Nc1snnc1C(=O)N1C[C@@H]2C[C@H](C1)c1cccc(=O)n1C2)N1CCN(c2ccccn2)CC1. The number of anilines is 2. The second-order valence-corrected chi connectivity index (χ2v) is 10.2. The summed E-state index contributed by atoms with van der Waals surface area (Å²) in [5.41, 5.74) is 1.16. The van der Waals surface area contributed by atoms with E-state index in [-0.39, 0.29) is 35.0 Å². The molecule has 3 aromatic rings. The van der Waals surface area contributed by atoms with Crippen LogP contribution >= 0.6 is 11.5 Å². The lowest BCUT2D eigenvalue weighted by Crippen LogP contribution is -2.50. The Morgan fingerprint density at radius 3 is 2.64 bits per heavy atom. The number of aromatic nitrogens is 4. The number of hydrogen-bond donors (Lipinski definition) is 1. The molecule has 0 unspecified atom stereocenters. The first-order valence-electron chi connectivity index (χ1n) is 12.1. The van der Waals surface area contributed by atoms with E-state index in [1.54, 1.807) is 28.1 Å². The molecule has 0 radical (unpaired) electrons. The van der Waals surface area contributed by atoms with Gasteiger partial charge in [0.2, 0.25) is 0 Å². The van der Waals surface area contributed by atoms with Crippen molar-refractivity contribution in [2.24, 2.45) is 5.92 Å². The third-order valence-electron chi connectivity index (χ3n) is 7.22. The third kappa shape index (κ3) is 4.21. The summed E-state index contributed by atoms with van der Waals surface area (Å²) in [4.78, 5) is 48.7. The molecule has 11 nitrogen and oxygen atoms in total. The smallest absolute Gasteiger partial charge is 0.322 e. The van der Waals surface area contributed by atoms with Crippen LogP contribution in [0.1, 0.15) is 28.5 Å². The maximum absolute atomic E-state index is 13.4. The highest BCUT2D eigenvalue weighted by Gasteiger charge is 2.38. The molecule has 3 aliphatic heterocycles. The number of urea groups is 1. The highest BCUT2D eigenvalue weighted by Crippen LogP contribution is 2.36. The summed E-state index contributed by atoms with van der Waals surface area (Å²) in [7, 11) is 0. The number of piperidine rings is 1. The standard InChI is InChI=1S/C24H26N8O3S/c33-20-6-3-4-18-17-12-16(14-32(18)20)13-31(15-17)23(34)21-22(36-28-27-21)26-24(35)30-10-8-29(9-11-30)19-5-1-2-7-25-19/h1-7,16-17H,8-15H2,(H,26,35)/t16-,17+/m0/s1. The number of piperazine rings is 1. The predicted molar refractivity (Wildman–Crippen MR) is 134 cm³/mol. The van der Waals surface area contributed by atoms with E-state index >= 15 is 0 Å². The Hall–Kier alpha value is -3.80. The molecule has 6 rings (SSSR count). The van der Waals surface area contributed by atoms with Crippen molar-refractivity contribution in [1.82, 2.24) is 28.9 Å². The fourth-order valence-electron chi connectivity index (χ4n) is 5.48. The molecule has 2 bridgehead atoms. The Balaban J connectivity index is 1.11. The zero-order valence-electron chi connectivity index (χ0n) is 19.6. The van der Waals surface area contributed by atoms with Crippen LogP contribution in [0.5, 0.6) is 0 Å². The van der Waals surface area contributed by atoms with Crippen LogP contribution in [0.15, 0.2) is 47.4 Å². The zero-order valence-corrected chi connectivity index (χ0v) is 20.4. The number of fused-ring (bicyclic) bond motifs is 4. The van der Waals surface area contributed by atoms with Crippen molar-refractivity contribution in [2.75, 3.05) is 49.5 Å². The molecule has 0 aromatic carbocycles. The number of nitrogens with one attached hydrogen (secondary N) is 1. The Kier molecular flexibility index (Phi) is 5.88. The van der Waals surface area contributed by atoms with Crippen LogP contribution < -0.4 is 15.8 Å². The molecular weight excluding hydrogens is 480 g/mol. The second-order valence-electron chi connectivity index (χ2n) is 9.45. The first kappa shape index (κ1) is 22.7. The molecule has 12 heteroatoms. The van der Waals surface area contributed by atoms with Crippen molar-refractivity contribution in [1.29, 1.82) is 0 Å². The van der Waals surface area contributed by atoms with Gasteiger partial charge in [0.25, 0.3) is 11.5 Å². The third-order valence-corrected chi connectivity index (χ3v) is 7.86. The highest BCUT2D eigenvalue weighted by molar-refractivity contribution is 7.10. The predicted octanol–water partition coefficient (Wildman–Crippen LogP) is 1.71. The van der Waals surface area contributed by atoms with Crippen LogP contribution in [0, 0.1) is 5.92 Å². The maximum atomic E-state index is 13.4. The van der Waals surface area contributed by atoms with Gasteiger partial charge in [0.05, 0.1) is 0 Å². The molecule has 0 saturated carbocycles. The first-order chi connectivity index (χ1) is 17.6. The molecule has 186 valence electrons. The van der Waals surface area contributed by atoms with Gasteiger partial charge in [-0.15, -0.1) is 5.10 Å². The fourth-order valence-corrected chi connectivity index (χ4v) is 6.03. The molecule has 0 aliphatic carbocycles. The molecule has 3 aromatic heterocycles. The number of amides is 3. The summed E-state index contributed by atoms with van der Waals surface area (Å²) < 4.78 is 5.79. The van der Waals surface area contributed by atoms with E-state index in [4.69, 9.17) is 0 Å². The summed E-state index contributed by atoms with van der Waals surface area (Å²) in [6, 6.07) is 10.9. The van der Waals surface area contributed by atoms with E-state index in [9.17, 15) is 14.4 Å². The molecule has 3 amide bonds. The minimum atomic E-state index is -0.264. The average Bonchev–Trinajstić information content (AvgIpc) is 3.37. The molecular formula is C24H26N8O3S. The van der Waals surface area contributed by atoms with E-state index in [1.807, 2.05) is 28.8 Å². The number of rotatable bonds is 3. The van der Waals surface area contributed by atoms with Crippen molar-refractivity contribution in [3.8, 4) is 0 Å². The summed E-state index contributed by atoms with van der Waals surface area (Å²) in [6.45, 7) is 4.13. The lowest BCUT2D eigenvalue weighted by atomic mass is 9.83. The minimum absolute atomic E-state index is 0.0107.